The van der Waals surface area contributed by atoms with Gasteiger partial charge in [0.25, 0.3) is 0 Å². The molecule has 0 aliphatic rings. The molecule has 1 nitrogen and oxygen atoms in total. The highest BCUT2D eigenvalue weighted by Gasteiger charge is 2.15. The second-order valence-electron chi connectivity index (χ2n) is 4.30. The van der Waals surface area contributed by atoms with Gasteiger partial charge in [-0.3, -0.25) is 4.79 Å². The Morgan fingerprint density at radius 3 is 2.63 bits per heavy atom. The first-order valence-electron chi connectivity index (χ1n) is 5.71. The van der Waals surface area contributed by atoms with Gasteiger partial charge in [-0.05, 0) is 36.2 Å². The molecule has 2 aromatic rings. The average molecular weight is 297 g/mol. The summed E-state index contributed by atoms with van der Waals surface area (Å²) in [5.74, 6) is -0.849. The second-order valence-corrected chi connectivity index (χ2v) is 5.08. The molecule has 0 unspecified atom stereocenters. The molecule has 0 aromatic heterocycles. The van der Waals surface area contributed by atoms with Crippen LogP contribution in [-0.4, -0.2) is 5.78 Å². The van der Waals surface area contributed by atoms with Crippen LogP contribution in [0.1, 0.15) is 21.5 Å². The Labute approximate surface area is 121 Å². The summed E-state index contributed by atoms with van der Waals surface area (Å²) in [4.78, 5) is 12.1. The molecule has 0 heterocycles. The lowest BCUT2D eigenvalue weighted by molar-refractivity contribution is 0.0992. The number of rotatable bonds is 3. The lowest BCUT2D eigenvalue weighted by atomic mass is 10.0. The van der Waals surface area contributed by atoms with Gasteiger partial charge in [-0.15, -0.1) is 0 Å². The number of hydrogen-bond donors (Lipinski definition) is 0. The van der Waals surface area contributed by atoms with Gasteiger partial charge in [0.2, 0.25) is 0 Å². The first-order chi connectivity index (χ1) is 8.99. The third-order valence-corrected chi connectivity index (χ3v) is 3.55. The predicted octanol–water partition coefficient (Wildman–Crippen LogP) is 4.87. The Bertz CT molecular complexity index is 638. The molecule has 0 atom stereocenters. The van der Waals surface area contributed by atoms with Gasteiger partial charge in [-0.2, -0.15) is 0 Å². The van der Waals surface area contributed by atoms with Crippen molar-refractivity contribution in [1.82, 2.24) is 0 Å². The van der Waals surface area contributed by atoms with E-state index in [4.69, 9.17) is 23.2 Å². The average Bonchev–Trinajstić information content (AvgIpc) is 2.36. The molecule has 0 radical (unpaired) electrons. The Morgan fingerprint density at radius 2 is 1.95 bits per heavy atom. The van der Waals surface area contributed by atoms with Crippen molar-refractivity contribution in [3.63, 3.8) is 0 Å². The number of Topliss-reactive ketones (excluding diaryl/α,β-unsaturated/α-hetero) is 1. The molecule has 4 heteroatoms. The summed E-state index contributed by atoms with van der Waals surface area (Å²) in [6.45, 7) is 1.92. The van der Waals surface area contributed by atoms with Crippen LogP contribution in [0.3, 0.4) is 0 Å². The standard InChI is InChI=1S/C15H11Cl2FO/c1-9-5-6-10(12(16)7-9)8-14(19)11-3-2-4-13(18)15(11)17/h2-7H,8H2,1H3. The van der Waals surface area contributed by atoms with Crippen LogP contribution in [0.2, 0.25) is 10.0 Å². The summed E-state index contributed by atoms with van der Waals surface area (Å²) in [5, 5.41) is 0.386. The quantitative estimate of drug-likeness (QED) is 0.739. The van der Waals surface area contributed by atoms with E-state index in [0.717, 1.165) is 5.56 Å². The minimum Gasteiger partial charge on any atom is -0.294 e. The molecule has 98 valence electrons. The van der Waals surface area contributed by atoms with Crippen molar-refractivity contribution in [3.8, 4) is 0 Å². The van der Waals surface area contributed by atoms with Crippen molar-refractivity contribution in [1.29, 1.82) is 0 Å². The zero-order chi connectivity index (χ0) is 14.0. The molecule has 19 heavy (non-hydrogen) atoms. The largest absolute Gasteiger partial charge is 0.294 e. The molecular weight excluding hydrogens is 286 g/mol. The van der Waals surface area contributed by atoms with E-state index < -0.39 is 5.82 Å². The van der Waals surface area contributed by atoms with Crippen molar-refractivity contribution in [2.45, 2.75) is 13.3 Å². The fourth-order valence-electron chi connectivity index (χ4n) is 1.78. The van der Waals surface area contributed by atoms with Crippen molar-refractivity contribution in [3.05, 3.63) is 69.0 Å². The molecule has 0 saturated heterocycles. The fourth-order valence-corrected chi connectivity index (χ4v) is 2.32. The van der Waals surface area contributed by atoms with Gasteiger partial charge in [0.1, 0.15) is 5.82 Å². The van der Waals surface area contributed by atoms with Crippen LogP contribution in [0.5, 0.6) is 0 Å². The van der Waals surface area contributed by atoms with Gasteiger partial charge in [0.05, 0.1) is 5.02 Å². The molecule has 0 spiro atoms. The number of hydrogen-bond acceptors (Lipinski definition) is 1. The number of aryl methyl sites for hydroxylation is 1. The number of benzene rings is 2. The highest BCUT2D eigenvalue weighted by atomic mass is 35.5. The maximum atomic E-state index is 13.3. The van der Waals surface area contributed by atoms with E-state index >= 15 is 0 Å². The van der Waals surface area contributed by atoms with Crippen molar-refractivity contribution >= 4 is 29.0 Å². The fraction of sp³-hybridized carbons (Fsp3) is 0.133. The van der Waals surface area contributed by atoms with Gasteiger partial charge in [0.15, 0.2) is 5.78 Å². The van der Waals surface area contributed by atoms with Crippen LogP contribution in [0.25, 0.3) is 0 Å². The molecule has 0 N–H and O–H groups in total. The smallest absolute Gasteiger partial charge is 0.168 e. The number of carbonyl (C=O) groups is 1. The molecular formula is C15H11Cl2FO. The minimum absolute atomic E-state index is 0.0995. The first-order valence-corrected chi connectivity index (χ1v) is 6.47. The van der Waals surface area contributed by atoms with Crippen molar-refractivity contribution in [2.75, 3.05) is 0 Å². The highest BCUT2D eigenvalue weighted by molar-refractivity contribution is 6.34. The van der Waals surface area contributed by atoms with Gasteiger partial charge in [0, 0.05) is 17.0 Å². The first kappa shape index (κ1) is 14.0. The van der Waals surface area contributed by atoms with Gasteiger partial charge in [-0.1, -0.05) is 41.4 Å². The van der Waals surface area contributed by atoms with Crippen LogP contribution in [0.15, 0.2) is 36.4 Å². The van der Waals surface area contributed by atoms with Crippen molar-refractivity contribution in [2.24, 2.45) is 0 Å². The third kappa shape index (κ3) is 3.14. The van der Waals surface area contributed by atoms with Crippen LogP contribution >= 0.6 is 23.2 Å². The Kier molecular flexibility index (Phi) is 4.23. The summed E-state index contributed by atoms with van der Waals surface area (Å²) >= 11 is 11.9. The Morgan fingerprint density at radius 1 is 1.21 bits per heavy atom. The molecule has 0 saturated carbocycles. The maximum absolute atomic E-state index is 13.3. The predicted molar refractivity (Wildman–Crippen MR) is 75.6 cm³/mol. The third-order valence-electron chi connectivity index (χ3n) is 2.81. The van der Waals surface area contributed by atoms with Gasteiger partial charge >= 0.3 is 0 Å². The minimum atomic E-state index is -0.595. The SMILES string of the molecule is Cc1ccc(CC(=O)c2cccc(F)c2Cl)c(Cl)c1. The molecule has 0 aliphatic carbocycles. The number of carbonyl (C=O) groups excluding carboxylic acids is 1. The Balaban J connectivity index is 2.28. The second kappa shape index (κ2) is 5.72. The van der Waals surface area contributed by atoms with Crippen molar-refractivity contribution < 1.29 is 9.18 Å². The van der Waals surface area contributed by atoms with E-state index in [-0.39, 0.29) is 22.8 Å². The summed E-state index contributed by atoms with van der Waals surface area (Å²) in [6, 6.07) is 9.65. The zero-order valence-corrected chi connectivity index (χ0v) is 11.7. The highest BCUT2D eigenvalue weighted by Crippen LogP contribution is 2.24. The molecule has 0 bridgehead atoms. The summed E-state index contributed by atoms with van der Waals surface area (Å²) in [5.41, 5.74) is 1.90. The van der Waals surface area contributed by atoms with E-state index in [1.807, 2.05) is 13.0 Å². The van der Waals surface area contributed by atoms with E-state index in [2.05, 4.69) is 0 Å². The molecule has 2 aromatic carbocycles. The van der Waals surface area contributed by atoms with E-state index in [1.165, 1.54) is 18.2 Å². The van der Waals surface area contributed by atoms with Crippen LogP contribution in [-0.2, 0) is 6.42 Å². The van der Waals surface area contributed by atoms with E-state index in [1.54, 1.807) is 12.1 Å². The number of halogens is 3. The summed E-state index contributed by atoms with van der Waals surface area (Å²) in [7, 11) is 0. The van der Waals surface area contributed by atoms with E-state index in [9.17, 15) is 9.18 Å². The maximum Gasteiger partial charge on any atom is 0.168 e. The summed E-state index contributed by atoms with van der Waals surface area (Å²) in [6.07, 6.45) is 0.0995. The normalized spacial score (nSPS) is 10.5. The topological polar surface area (TPSA) is 17.1 Å². The lowest BCUT2D eigenvalue weighted by Crippen LogP contribution is -2.05. The van der Waals surface area contributed by atoms with Gasteiger partial charge < -0.3 is 0 Å². The molecule has 0 amide bonds. The molecule has 2 rings (SSSR count). The lowest BCUT2D eigenvalue weighted by Gasteiger charge is -2.07. The van der Waals surface area contributed by atoms with Gasteiger partial charge in [-0.25, -0.2) is 4.39 Å². The van der Waals surface area contributed by atoms with E-state index in [0.29, 0.717) is 10.6 Å². The number of ketones is 1. The Hall–Kier alpha value is -1.38. The molecule has 0 aliphatic heterocycles. The summed E-state index contributed by atoms with van der Waals surface area (Å²) < 4.78 is 13.3. The zero-order valence-electron chi connectivity index (χ0n) is 10.2. The monoisotopic (exact) mass is 296 g/mol. The molecule has 0 fully saturated rings. The van der Waals surface area contributed by atoms with Crippen LogP contribution in [0, 0.1) is 12.7 Å². The van der Waals surface area contributed by atoms with Crippen LogP contribution in [0.4, 0.5) is 4.39 Å². The van der Waals surface area contributed by atoms with Crippen LogP contribution < -0.4 is 0 Å².